The van der Waals surface area contributed by atoms with Gasteiger partial charge in [-0.25, -0.2) is 0 Å². The minimum atomic E-state index is -0.247. The highest BCUT2D eigenvalue weighted by atomic mass is 16.5. The van der Waals surface area contributed by atoms with E-state index in [1.54, 1.807) is 0 Å². The molecule has 0 fully saturated rings. The molecular weight excluding hydrogens is 276 g/mol. The van der Waals surface area contributed by atoms with Crippen molar-refractivity contribution in [2.24, 2.45) is 5.73 Å². The summed E-state index contributed by atoms with van der Waals surface area (Å²) in [6.07, 6.45) is 3.29. The topological polar surface area (TPSA) is 99.1 Å². The van der Waals surface area contributed by atoms with Crippen molar-refractivity contribution in [3.63, 3.8) is 0 Å². The zero-order valence-corrected chi connectivity index (χ0v) is 11.7. The summed E-state index contributed by atoms with van der Waals surface area (Å²) in [5.74, 6) is 0.115. The van der Waals surface area contributed by atoms with E-state index in [0.717, 1.165) is 0 Å². The van der Waals surface area contributed by atoms with Crippen molar-refractivity contribution in [3.05, 3.63) is 23.3 Å². The quantitative estimate of drug-likeness (QED) is 0.479. The third-order valence-electron chi connectivity index (χ3n) is 3.70. The van der Waals surface area contributed by atoms with Crippen LogP contribution in [0.4, 0.5) is 0 Å². The van der Waals surface area contributed by atoms with E-state index in [1.165, 1.54) is 4.57 Å². The van der Waals surface area contributed by atoms with Crippen LogP contribution in [0.2, 0.25) is 0 Å². The number of nitrogens with zero attached hydrogens (tertiary/aromatic N) is 1. The van der Waals surface area contributed by atoms with Crippen molar-refractivity contribution < 1.29 is 24.4 Å². The molecule has 21 heavy (non-hydrogen) atoms. The minimum Gasteiger partial charge on any atom is -0.494 e. The van der Waals surface area contributed by atoms with E-state index < -0.39 is 0 Å². The van der Waals surface area contributed by atoms with Gasteiger partial charge in [-0.05, 0) is 0 Å². The fourth-order valence-electron chi connectivity index (χ4n) is 2.75. The van der Waals surface area contributed by atoms with Gasteiger partial charge in [-0.15, -0.1) is 0 Å². The number of aromatic hydroxyl groups is 2. The fraction of sp³-hybridized carbons (Fsp3) is 0.571. The first-order valence-corrected chi connectivity index (χ1v) is 7.07. The van der Waals surface area contributed by atoms with Crippen LogP contribution in [0, 0.1) is 0 Å². The highest BCUT2D eigenvalue weighted by molar-refractivity contribution is 5.55. The Bertz CT molecular complexity index is 504. The van der Waals surface area contributed by atoms with E-state index in [2.05, 4.69) is 0 Å². The van der Waals surface area contributed by atoms with Gasteiger partial charge in [0.15, 0.2) is 0 Å². The molecule has 2 atom stereocenters. The highest BCUT2D eigenvalue weighted by Crippen LogP contribution is 2.54. The molecule has 3 heterocycles. The number of aromatic nitrogens is 1. The lowest BCUT2D eigenvalue weighted by molar-refractivity contribution is 0.0460. The molecule has 0 radical (unpaired) electrons. The summed E-state index contributed by atoms with van der Waals surface area (Å²) < 4.78 is 17.6. The number of hydrogen-bond acceptors (Lipinski definition) is 6. The van der Waals surface area contributed by atoms with Crippen molar-refractivity contribution in [1.29, 1.82) is 0 Å². The minimum absolute atomic E-state index is 0.0577. The maximum absolute atomic E-state index is 10.2. The third kappa shape index (κ3) is 2.53. The van der Waals surface area contributed by atoms with Crippen molar-refractivity contribution in [3.8, 4) is 11.8 Å². The molecule has 0 aliphatic carbocycles. The number of hydrogen-bond donors (Lipinski definition) is 3. The number of rotatable bonds is 8. The smallest absolute Gasteiger partial charge is 0.200 e. The number of ether oxygens (including phenoxy) is 3. The molecule has 2 aliphatic heterocycles. The van der Waals surface area contributed by atoms with Crippen LogP contribution in [0.15, 0.2) is 12.2 Å². The van der Waals surface area contributed by atoms with E-state index in [1.807, 2.05) is 12.2 Å². The summed E-state index contributed by atoms with van der Waals surface area (Å²) >= 11 is 0. The van der Waals surface area contributed by atoms with Gasteiger partial charge in [-0.3, -0.25) is 4.57 Å². The SMILES string of the molecule is NCCOCCOCCn1c(O)c2c(c1O)C1C=CC2O1. The average Bonchev–Trinajstić information content (AvgIpc) is 3.15. The molecule has 7 nitrogen and oxygen atoms in total. The Morgan fingerprint density at radius 3 is 2.14 bits per heavy atom. The predicted molar refractivity (Wildman–Crippen MR) is 74.2 cm³/mol. The first kappa shape index (κ1) is 14.4. The Morgan fingerprint density at radius 2 is 1.57 bits per heavy atom. The van der Waals surface area contributed by atoms with Crippen molar-refractivity contribution in [2.75, 3.05) is 33.0 Å². The first-order valence-electron chi connectivity index (χ1n) is 7.07. The second kappa shape index (κ2) is 6.07. The van der Waals surface area contributed by atoms with Gasteiger partial charge in [0.2, 0.25) is 11.8 Å². The number of fused-ring (bicyclic) bond motifs is 5. The van der Waals surface area contributed by atoms with E-state index >= 15 is 0 Å². The highest BCUT2D eigenvalue weighted by Gasteiger charge is 2.41. The van der Waals surface area contributed by atoms with Crippen molar-refractivity contribution in [2.45, 2.75) is 18.8 Å². The Labute approximate surface area is 122 Å². The molecule has 4 N–H and O–H groups in total. The van der Waals surface area contributed by atoms with E-state index in [0.29, 0.717) is 50.6 Å². The van der Waals surface area contributed by atoms with E-state index in [4.69, 9.17) is 19.9 Å². The van der Waals surface area contributed by atoms with Crippen LogP contribution < -0.4 is 5.73 Å². The maximum Gasteiger partial charge on any atom is 0.200 e. The second-order valence-corrected chi connectivity index (χ2v) is 5.00. The monoisotopic (exact) mass is 296 g/mol. The normalized spacial score (nSPS) is 22.1. The van der Waals surface area contributed by atoms with Crippen LogP contribution in [-0.4, -0.2) is 47.8 Å². The standard InChI is InChI=1S/C14H20N2O5/c15-3-5-19-7-8-20-6-4-16-13(17)11-9-1-2-10(21-9)12(11)14(16)18/h1-2,9-10,17-18H,3-8,15H2. The van der Waals surface area contributed by atoms with Crippen LogP contribution in [0.5, 0.6) is 11.8 Å². The molecule has 7 heteroatoms. The molecule has 1 aromatic heterocycles. The Kier molecular flexibility index (Phi) is 4.16. The van der Waals surface area contributed by atoms with Crippen LogP contribution in [0.25, 0.3) is 0 Å². The van der Waals surface area contributed by atoms with Gasteiger partial charge >= 0.3 is 0 Å². The van der Waals surface area contributed by atoms with Gasteiger partial charge < -0.3 is 30.2 Å². The molecule has 0 amide bonds. The Hall–Kier alpha value is -1.54. The zero-order valence-electron chi connectivity index (χ0n) is 11.7. The van der Waals surface area contributed by atoms with Crippen molar-refractivity contribution in [1.82, 2.24) is 4.57 Å². The molecule has 0 spiro atoms. The average molecular weight is 296 g/mol. The third-order valence-corrected chi connectivity index (χ3v) is 3.70. The number of nitrogens with two attached hydrogens (primary N) is 1. The van der Waals surface area contributed by atoms with Crippen LogP contribution >= 0.6 is 0 Å². The lowest BCUT2D eigenvalue weighted by atomic mass is 10.0. The van der Waals surface area contributed by atoms with E-state index in [9.17, 15) is 10.2 Å². The van der Waals surface area contributed by atoms with Gasteiger partial charge in [0.1, 0.15) is 12.2 Å². The largest absolute Gasteiger partial charge is 0.494 e. The molecule has 2 unspecified atom stereocenters. The summed E-state index contributed by atoms with van der Waals surface area (Å²) in [7, 11) is 0. The zero-order chi connectivity index (χ0) is 14.8. The van der Waals surface area contributed by atoms with Gasteiger partial charge in [-0.1, -0.05) is 12.2 Å². The molecule has 2 bridgehead atoms. The lowest BCUT2D eigenvalue weighted by Crippen LogP contribution is -2.13. The molecule has 0 aromatic carbocycles. The lowest BCUT2D eigenvalue weighted by Gasteiger charge is -2.10. The molecule has 2 aliphatic rings. The Morgan fingerprint density at radius 1 is 1.00 bits per heavy atom. The maximum atomic E-state index is 10.2. The van der Waals surface area contributed by atoms with Gasteiger partial charge in [0, 0.05) is 6.54 Å². The summed E-state index contributed by atoms with van der Waals surface area (Å²) in [6, 6.07) is 0. The Balaban J connectivity index is 1.53. The van der Waals surface area contributed by atoms with Gasteiger partial charge in [-0.2, -0.15) is 0 Å². The van der Waals surface area contributed by atoms with Crippen LogP contribution in [-0.2, 0) is 20.8 Å². The first-order chi connectivity index (χ1) is 10.2. The fourth-order valence-corrected chi connectivity index (χ4v) is 2.75. The van der Waals surface area contributed by atoms with Crippen LogP contribution in [0.1, 0.15) is 23.3 Å². The molecule has 116 valence electrons. The summed E-state index contributed by atoms with van der Waals surface area (Å²) in [5, 5.41) is 20.4. The summed E-state index contributed by atoms with van der Waals surface area (Å²) in [4.78, 5) is 0. The second-order valence-electron chi connectivity index (χ2n) is 5.00. The molecule has 1 aromatic rings. The molecule has 0 saturated heterocycles. The summed E-state index contributed by atoms with van der Waals surface area (Å²) in [5.41, 5.74) is 6.65. The molecular formula is C14H20N2O5. The molecule has 3 rings (SSSR count). The predicted octanol–water partition coefficient (Wildman–Crippen LogP) is 0.573. The summed E-state index contributed by atoms with van der Waals surface area (Å²) in [6.45, 7) is 2.71. The van der Waals surface area contributed by atoms with Gasteiger partial charge in [0.25, 0.3) is 0 Å². The van der Waals surface area contributed by atoms with Crippen molar-refractivity contribution >= 4 is 0 Å². The van der Waals surface area contributed by atoms with Gasteiger partial charge in [0.05, 0.1) is 44.1 Å². The molecule has 0 saturated carbocycles. The van der Waals surface area contributed by atoms with Crippen LogP contribution in [0.3, 0.4) is 0 Å². The van der Waals surface area contributed by atoms with E-state index in [-0.39, 0.29) is 24.0 Å².